The van der Waals surface area contributed by atoms with Gasteiger partial charge in [0.05, 0.1) is 0 Å². The quantitative estimate of drug-likeness (QED) is 0.779. The second-order valence-electron chi connectivity index (χ2n) is 8.09. The van der Waals surface area contributed by atoms with Crippen molar-refractivity contribution in [3.8, 4) is 0 Å². The topological polar surface area (TPSA) is 26.8 Å². The van der Waals surface area contributed by atoms with Crippen molar-refractivity contribution >= 4 is 5.91 Å². The highest BCUT2D eigenvalue weighted by Crippen LogP contribution is 2.22. The molecule has 1 atom stereocenters. The number of likely N-dealkylation sites (N-methyl/N-ethyl adjacent to an activating group) is 2. The average molecular weight is 362 g/mol. The number of carbonyl (C=O) groups is 1. The summed E-state index contributed by atoms with van der Waals surface area (Å²) in [7, 11) is 4.31. The van der Waals surface area contributed by atoms with Gasteiger partial charge in [0.25, 0.3) is 0 Å². The summed E-state index contributed by atoms with van der Waals surface area (Å²) in [6.45, 7) is 4.85. The predicted octanol–water partition coefficient (Wildman–Crippen LogP) is 2.63. The van der Waals surface area contributed by atoms with Crippen LogP contribution in [0.25, 0.3) is 0 Å². The van der Waals surface area contributed by atoms with Crippen LogP contribution < -0.4 is 0 Å². The molecular weight excluding hydrogens is 329 g/mol. The molecule has 2 heterocycles. The van der Waals surface area contributed by atoms with E-state index in [1.165, 1.54) is 24.1 Å². The van der Waals surface area contributed by atoms with Crippen molar-refractivity contribution in [3.05, 3.63) is 35.6 Å². The van der Waals surface area contributed by atoms with E-state index in [0.29, 0.717) is 24.3 Å². The normalized spacial score (nSPS) is 22.3. The molecule has 5 heteroatoms. The van der Waals surface area contributed by atoms with E-state index in [0.717, 1.165) is 52.0 Å². The zero-order valence-electron chi connectivity index (χ0n) is 16.2. The van der Waals surface area contributed by atoms with Crippen molar-refractivity contribution in [3.63, 3.8) is 0 Å². The van der Waals surface area contributed by atoms with Crippen molar-refractivity contribution in [2.75, 3.05) is 46.8 Å². The summed E-state index contributed by atoms with van der Waals surface area (Å²) in [5.41, 5.74) is 1.19. The lowest BCUT2D eigenvalue weighted by Crippen LogP contribution is -2.41. The zero-order chi connectivity index (χ0) is 18.5. The molecule has 3 rings (SSSR count). The Hall–Kier alpha value is -1.46. The summed E-state index contributed by atoms with van der Waals surface area (Å²) in [4.78, 5) is 19.3. The third kappa shape index (κ3) is 5.27. The Morgan fingerprint density at radius 1 is 1.15 bits per heavy atom. The maximum Gasteiger partial charge on any atom is 0.223 e. The Balaban J connectivity index is 1.37. The number of halogens is 1. The molecule has 0 aromatic heterocycles. The minimum Gasteiger partial charge on any atom is -0.343 e. The first-order valence-corrected chi connectivity index (χ1v) is 9.92. The summed E-state index contributed by atoms with van der Waals surface area (Å²) in [5.74, 6) is 0.716. The van der Waals surface area contributed by atoms with Crippen LogP contribution in [0.1, 0.15) is 31.2 Å². The first-order chi connectivity index (χ1) is 12.5. The second-order valence-corrected chi connectivity index (χ2v) is 8.09. The monoisotopic (exact) mass is 361 g/mol. The number of likely N-dealkylation sites (tertiary alicyclic amines) is 2. The van der Waals surface area contributed by atoms with Gasteiger partial charge in [-0.05, 0) is 69.9 Å². The van der Waals surface area contributed by atoms with E-state index in [9.17, 15) is 9.18 Å². The molecule has 0 unspecified atom stereocenters. The second kappa shape index (κ2) is 8.96. The number of nitrogens with zero attached hydrogens (tertiary/aromatic N) is 3. The Bertz CT molecular complexity index is 583. The maximum absolute atomic E-state index is 13.0. The van der Waals surface area contributed by atoms with Crippen LogP contribution in [0.2, 0.25) is 0 Å². The Kier molecular flexibility index (Phi) is 6.65. The standard InChI is InChI=1S/C21H32FN3O/c1-23-11-9-20(16-23)24(2)12-10-21(26)25-13-7-18(8-14-25)15-17-3-5-19(22)6-4-17/h3-6,18,20H,7-16H2,1-2H3/t20-/m0/s1. The van der Waals surface area contributed by atoms with Gasteiger partial charge in [-0.1, -0.05) is 12.1 Å². The van der Waals surface area contributed by atoms with Gasteiger partial charge >= 0.3 is 0 Å². The molecule has 1 aromatic carbocycles. The largest absolute Gasteiger partial charge is 0.343 e. The lowest BCUT2D eigenvalue weighted by atomic mass is 9.90. The van der Waals surface area contributed by atoms with E-state index < -0.39 is 0 Å². The fraction of sp³-hybridized carbons (Fsp3) is 0.667. The molecule has 144 valence electrons. The van der Waals surface area contributed by atoms with Gasteiger partial charge < -0.3 is 14.7 Å². The molecular formula is C21H32FN3O. The molecule has 2 saturated heterocycles. The van der Waals surface area contributed by atoms with Gasteiger partial charge in [-0.2, -0.15) is 0 Å². The number of amides is 1. The third-order valence-corrected chi connectivity index (χ3v) is 6.07. The molecule has 0 radical (unpaired) electrons. The lowest BCUT2D eigenvalue weighted by molar-refractivity contribution is -0.133. The van der Waals surface area contributed by atoms with Gasteiger partial charge in [-0.3, -0.25) is 4.79 Å². The van der Waals surface area contributed by atoms with Crippen molar-refractivity contribution in [1.29, 1.82) is 0 Å². The third-order valence-electron chi connectivity index (χ3n) is 6.07. The average Bonchev–Trinajstić information content (AvgIpc) is 3.08. The molecule has 0 saturated carbocycles. The number of hydrogen-bond acceptors (Lipinski definition) is 3. The molecule has 0 aliphatic carbocycles. The Morgan fingerprint density at radius 3 is 2.46 bits per heavy atom. The van der Waals surface area contributed by atoms with Gasteiger partial charge in [0.1, 0.15) is 5.82 Å². The highest BCUT2D eigenvalue weighted by molar-refractivity contribution is 5.76. The zero-order valence-corrected chi connectivity index (χ0v) is 16.2. The van der Waals surface area contributed by atoms with Crippen LogP contribution in [-0.2, 0) is 11.2 Å². The van der Waals surface area contributed by atoms with Crippen LogP contribution in [0.4, 0.5) is 4.39 Å². The Labute approximate surface area is 157 Å². The summed E-state index contributed by atoms with van der Waals surface area (Å²) in [5, 5.41) is 0. The van der Waals surface area contributed by atoms with Crippen LogP contribution >= 0.6 is 0 Å². The Morgan fingerprint density at radius 2 is 1.85 bits per heavy atom. The van der Waals surface area contributed by atoms with E-state index >= 15 is 0 Å². The van der Waals surface area contributed by atoms with Crippen LogP contribution in [-0.4, -0.2) is 73.5 Å². The molecule has 26 heavy (non-hydrogen) atoms. The van der Waals surface area contributed by atoms with E-state index in [4.69, 9.17) is 0 Å². The molecule has 2 aliphatic heterocycles. The molecule has 1 aromatic rings. The number of hydrogen-bond donors (Lipinski definition) is 0. The van der Waals surface area contributed by atoms with E-state index in [-0.39, 0.29) is 5.82 Å². The maximum atomic E-state index is 13.0. The number of rotatable bonds is 6. The molecule has 2 fully saturated rings. The highest BCUT2D eigenvalue weighted by Gasteiger charge is 2.26. The number of piperidine rings is 1. The lowest BCUT2D eigenvalue weighted by Gasteiger charge is -2.33. The van der Waals surface area contributed by atoms with E-state index in [1.54, 1.807) is 0 Å². The molecule has 0 bridgehead atoms. The smallest absolute Gasteiger partial charge is 0.223 e. The van der Waals surface area contributed by atoms with Crippen LogP contribution in [0.3, 0.4) is 0 Å². The van der Waals surface area contributed by atoms with Crippen molar-refractivity contribution in [2.45, 2.75) is 38.1 Å². The van der Waals surface area contributed by atoms with Gasteiger partial charge in [0.15, 0.2) is 0 Å². The van der Waals surface area contributed by atoms with Gasteiger partial charge in [-0.15, -0.1) is 0 Å². The van der Waals surface area contributed by atoms with Gasteiger partial charge in [0.2, 0.25) is 5.91 Å². The minimum atomic E-state index is -0.177. The summed E-state index contributed by atoms with van der Waals surface area (Å²) >= 11 is 0. The SMILES string of the molecule is CN1CC[C@H](N(C)CCC(=O)N2CCC(Cc3ccc(F)cc3)CC2)C1. The first-order valence-electron chi connectivity index (χ1n) is 9.92. The predicted molar refractivity (Wildman–Crippen MR) is 103 cm³/mol. The fourth-order valence-electron chi connectivity index (χ4n) is 4.22. The van der Waals surface area contributed by atoms with Crippen LogP contribution in [0, 0.1) is 11.7 Å². The summed E-state index contributed by atoms with van der Waals surface area (Å²) in [6, 6.07) is 7.42. The molecule has 4 nitrogen and oxygen atoms in total. The van der Waals surface area contributed by atoms with E-state index in [1.807, 2.05) is 17.0 Å². The van der Waals surface area contributed by atoms with Crippen LogP contribution in [0.5, 0.6) is 0 Å². The summed E-state index contributed by atoms with van der Waals surface area (Å²) in [6.07, 6.45) is 4.91. The number of carbonyl (C=O) groups excluding carboxylic acids is 1. The van der Waals surface area contributed by atoms with E-state index in [2.05, 4.69) is 23.9 Å². The molecule has 2 aliphatic rings. The fourth-order valence-corrected chi connectivity index (χ4v) is 4.22. The van der Waals surface area contributed by atoms with Gasteiger partial charge in [0, 0.05) is 38.6 Å². The molecule has 0 spiro atoms. The minimum absolute atomic E-state index is 0.177. The highest BCUT2D eigenvalue weighted by atomic mass is 19.1. The first kappa shape index (κ1) is 19.3. The van der Waals surface area contributed by atoms with Gasteiger partial charge in [-0.25, -0.2) is 4.39 Å². The molecule has 0 N–H and O–H groups in total. The number of benzene rings is 1. The van der Waals surface area contributed by atoms with Crippen molar-refractivity contribution < 1.29 is 9.18 Å². The molecule has 1 amide bonds. The summed E-state index contributed by atoms with van der Waals surface area (Å²) < 4.78 is 13.0. The van der Waals surface area contributed by atoms with Crippen molar-refractivity contribution in [1.82, 2.24) is 14.7 Å². The van der Waals surface area contributed by atoms with Crippen LogP contribution in [0.15, 0.2) is 24.3 Å². The van der Waals surface area contributed by atoms with Crippen molar-refractivity contribution in [2.24, 2.45) is 5.92 Å².